The molecule has 0 saturated carbocycles. The van der Waals surface area contributed by atoms with Crippen molar-refractivity contribution in [1.29, 1.82) is 0 Å². The molecule has 0 amide bonds. The fraction of sp³-hybridized carbons (Fsp3) is 0.308. The van der Waals surface area contributed by atoms with E-state index in [0.29, 0.717) is 12.4 Å². The summed E-state index contributed by atoms with van der Waals surface area (Å²) in [5.74, 6) is 0.387. The molecule has 0 N–H and O–H groups in total. The SMILES string of the molecule is CC(=O)OC(C)COc1ccc2cncnc2c1. The zero-order valence-electron chi connectivity index (χ0n) is 10.3. The van der Waals surface area contributed by atoms with Crippen molar-refractivity contribution in [3.8, 4) is 5.75 Å². The molecule has 0 aliphatic carbocycles. The topological polar surface area (TPSA) is 61.3 Å². The first kappa shape index (κ1) is 12.3. The van der Waals surface area contributed by atoms with Gasteiger partial charge in [-0.3, -0.25) is 4.79 Å². The van der Waals surface area contributed by atoms with Crippen LogP contribution in [-0.4, -0.2) is 28.6 Å². The van der Waals surface area contributed by atoms with E-state index in [4.69, 9.17) is 9.47 Å². The Kier molecular flexibility index (Phi) is 3.72. The highest BCUT2D eigenvalue weighted by atomic mass is 16.6. The number of esters is 1. The monoisotopic (exact) mass is 246 g/mol. The Morgan fingerprint density at radius 1 is 1.44 bits per heavy atom. The van der Waals surface area contributed by atoms with Gasteiger partial charge >= 0.3 is 5.97 Å². The Bertz CT molecular complexity index is 557. The fourth-order valence-corrected chi connectivity index (χ4v) is 1.57. The van der Waals surface area contributed by atoms with Gasteiger partial charge in [-0.1, -0.05) is 0 Å². The normalized spacial score (nSPS) is 12.1. The maximum Gasteiger partial charge on any atom is 0.303 e. The molecular weight excluding hydrogens is 232 g/mol. The van der Waals surface area contributed by atoms with Gasteiger partial charge < -0.3 is 9.47 Å². The Hall–Kier alpha value is -2.17. The number of rotatable bonds is 4. The molecule has 5 nitrogen and oxygen atoms in total. The number of ether oxygens (including phenoxy) is 2. The number of hydrogen-bond acceptors (Lipinski definition) is 5. The largest absolute Gasteiger partial charge is 0.490 e. The molecule has 2 aromatic rings. The van der Waals surface area contributed by atoms with Crippen molar-refractivity contribution in [3.05, 3.63) is 30.7 Å². The molecule has 0 aliphatic heterocycles. The zero-order valence-corrected chi connectivity index (χ0v) is 10.3. The van der Waals surface area contributed by atoms with Crippen molar-refractivity contribution in [2.45, 2.75) is 20.0 Å². The minimum Gasteiger partial charge on any atom is -0.490 e. The first-order chi connectivity index (χ1) is 8.65. The van der Waals surface area contributed by atoms with Gasteiger partial charge in [0.2, 0.25) is 0 Å². The average molecular weight is 246 g/mol. The molecule has 0 radical (unpaired) electrons. The van der Waals surface area contributed by atoms with Crippen LogP contribution in [0.2, 0.25) is 0 Å². The van der Waals surface area contributed by atoms with Gasteiger partial charge in [-0.2, -0.15) is 0 Å². The summed E-state index contributed by atoms with van der Waals surface area (Å²) in [6.07, 6.45) is 2.96. The maximum absolute atomic E-state index is 10.7. The second-order valence-corrected chi connectivity index (χ2v) is 3.97. The number of carbonyl (C=O) groups excluding carboxylic acids is 1. The Morgan fingerprint density at radius 2 is 2.28 bits per heavy atom. The lowest BCUT2D eigenvalue weighted by Gasteiger charge is -2.13. The van der Waals surface area contributed by atoms with Gasteiger partial charge in [-0.25, -0.2) is 9.97 Å². The molecule has 94 valence electrons. The Balaban J connectivity index is 2.01. The number of aromatic nitrogens is 2. The molecule has 0 saturated heterocycles. The highest BCUT2D eigenvalue weighted by molar-refractivity contribution is 5.78. The predicted octanol–water partition coefficient (Wildman–Crippen LogP) is 1.96. The van der Waals surface area contributed by atoms with E-state index >= 15 is 0 Å². The molecule has 1 unspecified atom stereocenters. The molecule has 0 fully saturated rings. The highest BCUT2D eigenvalue weighted by Gasteiger charge is 2.06. The second-order valence-electron chi connectivity index (χ2n) is 3.97. The van der Waals surface area contributed by atoms with Gasteiger partial charge in [0, 0.05) is 24.6 Å². The van der Waals surface area contributed by atoms with E-state index in [0.717, 1.165) is 10.9 Å². The number of hydrogen-bond donors (Lipinski definition) is 0. The van der Waals surface area contributed by atoms with Crippen LogP contribution in [0, 0.1) is 0 Å². The summed E-state index contributed by atoms with van der Waals surface area (Å²) in [6.45, 7) is 3.48. The van der Waals surface area contributed by atoms with Crippen molar-refractivity contribution in [3.63, 3.8) is 0 Å². The summed E-state index contributed by atoms with van der Waals surface area (Å²) in [7, 11) is 0. The van der Waals surface area contributed by atoms with Crippen LogP contribution in [0.15, 0.2) is 30.7 Å². The van der Waals surface area contributed by atoms with Crippen molar-refractivity contribution in [1.82, 2.24) is 9.97 Å². The zero-order chi connectivity index (χ0) is 13.0. The van der Waals surface area contributed by atoms with E-state index in [1.165, 1.54) is 13.3 Å². The van der Waals surface area contributed by atoms with Gasteiger partial charge in [-0.15, -0.1) is 0 Å². The summed E-state index contributed by atoms with van der Waals surface area (Å²) in [6, 6.07) is 5.56. The third-order valence-electron chi connectivity index (χ3n) is 2.33. The lowest BCUT2D eigenvalue weighted by atomic mass is 10.2. The van der Waals surface area contributed by atoms with E-state index < -0.39 is 0 Å². The Morgan fingerprint density at radius 3 is 3.06 bits per heavy atom. The number of nitrogens with zero attached hydrogens (tertiary/aromatic N) is 2. The maximum atomic E-state index is 10.7. The fourth-order valence-electron chi connectivity index (χ4n) is 1.57. The van der Waals surface area contributed by atoms with Gasteiger partial charge in [0.05, 0.1) is 5.52 Å². The number of carbonyl (C=O) groups is 1. The van der Waals surface area contributed by atoms with Crippen LogP contribution >= 0.6 is 0 Å². The molecule has 1 atom stereocenters. The summed E-state index contributed by atoms with van der Waals surface area (Å²) in [5, 5.41) is 0.956. The number of benzene rings is 1. The van der Waals surface area contributed by atoms with E-state index in [-0.39, 0.29) is 12.1 Å². The molecule has 1 aromatic carbocycles. The minimum absolute atomic E-state index is 0.274. The van der Waals surface area contributed by atoms with Crippen LogP contribution in [0.3, 0.4) is 0 Å². The molecule has 5 heteroatoms. The van der Waals surface area contributed by atoms with Crippen LogP contribution in [0.1, 0.15) is 13.8 Å². The van der Waals surface area contributed by atoms with Crippen molar-refractivity contribution in [2.24, 2.45) is 0 Å². The molecule has 18 heavy (non-hydrogen) atoms. The lowest BCUT2D eigenvalue weighted by molar-refractivity contribution is -0.146. The third-order valence-corrected chi connectivity index (χ3v) is 2.33. The van der Waals surface area contributed by atoms with Gasteiger partial charge in [0.25, 0.3) is 0 Å². The van der Waals surface area contributed by atoms with Gasteiger partial charge in [-0.05, 0) is 19.1 Å². The molecule has 0 bridgehead atoms. The quantitative estimate of drug-likeness (QED) is 0.772. The summed E-state index contributed by atoms with van der Waals surface area (Å²) in [5.41, 5.74) is 0.822. The van der Waals surface area contributed by atoms with Crippen molar-refractivity contribution < 1.29 is 14.3 Å². The van der Waals surface area contributed by atoms with Crippen molar-refractivity contribution in [2.75, 3.05) is 6.61 Å². The molecule has 2 rings (SSSR count). The molecule has 0 spiro atoms. The van der Waals surface area contributed by atoms with E-state index in [1.54, 1.807) is 13.1 Å². The van der Waals surface area contributed by atoms with Crippen molar-refractivity contribution >= 4 is 16.9 Å². The van der Waals surface area contributed by atoms with Crippen LogP contribution in [-0.2, 0) is 9.53 Å². The highest BCUT2D eigenvalue weighted by Crippen LogP contribution is 2.18. The third kappa shape index (κ3) is 3.16. The smallest absolute Gasteiger partial charge is 0.303 e. The van der Waals surface area contributed by atoms with Gasteiger partial charge in [0.15, 0.2) is 0 Å². The van der Waals surface area contributed by atoms with E-state index in [1.807, 2.05) is 18.2 Å². The van der Waals surface area contributed by atoms with Crippen LogP contribution in [0.4, 0.5) is 0 Å². The first-order valence-corrected chi connectivity index (χ1v) is 5.65. The molecule has 0 aliphatic rings. The molecule has 1 aromatic heterocycles. The standard InChI is InChI=1S/C13H14N2O3/c1-9(18-10(2)16)7-17-12-4-3-11-6-14-8-15-13(11)5-12/h3-6,8-9H,7H2,1-2H3. The molecule has 1 heterocycles. The second kappa shape index (κ2) is 5.44. The predicted molar refractivity (Wildman–Crippen MR) is 66.3 cm³/mol. The number of fused-ring (bicyclic) bond motifs is 1. The van der Waals surface area contributed by atoms with E-state index in [9.17, 15) is 4.79 Å². The van der Waals surface area contributed by atoms with Gasteiger partial charge in [0.1, 0.15) is 24.8 Å². The lowest BCUT2D eigenvalue weighted by Crippen LogP contribution is -2.20. The Labute approximate surface area is 105 Å². The summed E-state index contributed by atoms with van der Waals surface area (Å²) in [4.78, 5) is 18.8. The average Bonchev–Trinajstić information content (AvgIpc) is 2.35. The van der Waals surface area contributed by atoms with Crippen LogP contribution in [0.5, 0.6) is 5.75 Å². The minimum atomic E-state index is -0.308. The van der Waals surface area contributed by atoms with Crippen LogP contribution in [0.25, 0.3) is 10.9 Å². The first-order valence-electron chi connectivity index (χ1n) is 5.65. The van der Waals surface area contributed by atoms with E-state index in [2.05, 4.69) is 9.97 Å². The molecular formula is C13H14N2O3. The summed E-state index contributed by atoms with van der Waals surface area (Å²) < 4.78 is 10.5. The summed E-state index contributed by atoms with van der Waals surface area (Å²) >= 11 is 0. The van der Waals surface area contributed by atoms with Crippen LogP contribution < -0.4 is 4.74 Å².